The van der Waals surface area contributed by atoms with E-state index in [9.17, 15) is 4.79 Å². The SMILES string of the molecule is CCOc1ccc(NC(=O)CN(CC)CC)c2cccnc12. The first-order valence-corrected chi connectivity index (χ1v) is 7.72. The highest BCUT2D eigenvalue weighted by Gasteiger charge is 2.12. The van der Waals surface area contributed by atoms with E-state index in [0.29, 0.717) is 13.2 Å². The summed E-state index contributed by atoms with van der Waals surface area (Å²) < 4.78 is 5.60. The maximum Gasteiger partial charge on any atom is 0.238 e. The molecule has 22 heavy (non-hydrogen) atoms. The van der Waals surface area contributed by atoms with Crippen LogP contribution in [0.3, 0.4) is 0 Å². The summed E-state index contributed by atoms with van der Waals surface area (Å²) in [5.74, 6) is 0.720. The second-order valence-electron chi connectivity index (χ2n) is 4.95. The number of pyridine rings is 1. The van der Waals surface area contributed by atoms with E-state index in [1.54, 1.807) is 6.20 Å². The molecule has 2 aromatic rings. The van der Waals surface area contributed by atoms with Gasteiger partial charge in [-0.1, -0.05) is 13.8 Å². The molecule has 1 N–H and O–H groups in total. The maximum absolute atomic E-state index is 12.2. The van der Waals surface area contributed by atoms with Crippen LogP contribution in [0.15, 0.2) is 30.5 Å². The molecule has 1 amide bonds. The number of benzene rings is 1. The number of amides is 1. The zero-order valence-corrected chi connectivity index (χ0v) is 13.4. The smallest absolute Gasteiger partial charge is 0.238 e. The van der Waals surface area contributed by atoms with Crippen LogP contribution in [0.1, 0.15) is 20.8 Å². The Labute approximate surface area is 131 Å². The van der Waals surface area contributed by atoms with Gasteiger partial charge in [0, 0.05) is 11.6 Å². The molecule has 118 valence electrons. The van der Waals surface area contributed by atoms with E-state index in [1.807, 2.05) is 45.0 Å². The van der Waals surface area contributed by atoms with E-state index in [4.69, 9.17) is 4.74 Å². The molecule has 0 saturated carbocycles. The Hall–Kier alpha value is -2.14. The molecule has 0 aliphatic carbocycles. The third kappa shape index (κ3) is 3.74. The predicted octanol–water partition coefficient (Wildman–Crippen LogP) is 2.91. The van der Waals surface area contributed by atoms with Crippen molar-refractivity contribution in [3.63, 3.8) is 0 Å². The molecule has 5 nitrogen and oxygen atoms in total. The largest absolute Gasteiger partial charge is 0.492 e. The second-order valence-corrected chi connectivity index (χ2v) is 4.95. The fourth-order valence-electron chi connectivity index (χ4n) is 2.37. The number of hydrogen-bond donors (Lipinski definition) is 1. The number of hydrogen-bond acceptors (Lipinski definition) is 4. The Morgan fingerprint density at radius 2 is 2.00 bits per heavy atom. The van der Waals surface area contributed by atoms with E-state index in [2.05, 4.69) is 15.2 Å². The van der Waals surface area contributed by atoms with Crippen LogP contribution < -0.4 is 10.1 Å². The molecule has 0 aliphatic heterocycles. The molecule has 5 heteroatoms. The van der Waals surface area contributed by atoms with Gasteiger partial charge in [0.25, 0.3) is 0 Å². The second kappa shape index (κ2) is 7.75. The Bertz CT molecular complexity index is 639. The van der Waals surface area contributed by atoms with Crippen LogP contribution in [-0.4, -0.2) is 42.0 Å². The highest BCUT2D eigenvalue weighted by atomic mass is 16.5. The number of nitrogens with one attached hydrogen (secondary N) is 1. The summed E-state index contributed by atoms with van der Waals surface area (Å²) >= 11 is 0. The summed E-state index contributed by atoms with van der Waals surface area (Å²) in [7, 11) is 0. The first kappa shape index (κ1) is 16.2. The van der Waals surface area contributed by atoms with Crippen molar-refractivity contribution >= 4 is 22.5 Å². The number of anilines is 1. The topological polar surface area (TPSA) is 54.5 Å². The molecule has 0 saturated heterocycles. The fourth-order valence-corrected chi connectivity index (χ4v) is 2.37. The molecule has 0 atom stereocenters. The van der Waals surface area contributed by atoms with Gasteiger partial charge in [-0.15, -0.1) is 0 Å². The third-order valence-corrected chi connectivity index (χ3v) is 3.57. The van der Waals surface area contributed by atoms with Crippen molar-refractivity contribution in [3.8, 4) is 5.75 Å². The molecule has 1 aromatic heterocycles. The van der Waals surface area contributed by atoms with Gasteiger partial charge < -0.3 is 10.1 Å². The van der Waals surface area contributed by atoms with Gasteiger partial charge in [-0.2, -0.15) is 0 Å². The summed E-state index contributed by atoms with van der Waals surface area (Å²) in [6.07, 6.45) is 1.73. The Morgan fingerprint density at radius 3 is 2.68 bits per heavy atom. The number of ether oxygens (including phenoxy) is 1. The maximum atomic E-state index is 12.2. The molecule has 0 fully saturated rings. The molecule has 0 unspecified atom stereocenters. The minimum Gasteiger partial charge on any atom is -0.492 e. The van der Waals surface area contributed by atoms with Crippen LogP contribution in [-0.2, 0) is 4.79 Å². The van der Waals surface area contributed by atoms with Crippen LogP contribution in [0.25, 0.3) is 10.9 Å². The van der Waals surface area contributed by atoms with Crippen molar-refractivity contribution < 1.29 is 9.53 Å². The molecular formula is C17H23N3O2. The predicted molar refractivity (Wildman–Crippen MR) is 89.3 cm³/mol. The van der Waals surface area contributed by atoms with Crippen molar-refractivity contribution in [2.45, 2.75) is 20.8 Å². The van der Waals surface area contributed by atoms with Crippen molar-refractivity contribution in [3.05, 3.63) is 30.5 Å². The lowest BCUT2D eigenvalue weighted by molar-refractivity contribution is -0.117. The van der Waals surface area contributed by atoms with E-state index in [0.717, 1.165) is 35.4 Å². The monoisotopic (exact) mass is 301 g/mol. The average Bonchev–Trinajstić information content (AvgIpc) is 2.55. The van der Waals surface area contributed by atoms with E-state index in [1.165, 1.54) is 0 Å². The van der Waals surface area contributed by atoms with Gasteiger partial charge in [-0.3, -0.25) is 14.7 Å². The van der Waals surface area contributed by atoms with Gasteiger partial charge in [0.05, 0.1) is 18.8 Å². The Morgan fingerprint density at radius 1 is 1.23 bits per heavy atom. The highest BCUT2D eigenvalue weighted by molar-refractivity contribution is 6.03. The Kier molecular flexibility index (Phi) is 5.72. The van der Waals surface area contributed by atoms with Gasteiger partial charge in [-0.25, -0.2) is 0 Å². The molecule has 0 radical (unpaired) electrons. The first-order chi connectivity index (χ1) is 10.7. The number of likely N-dealkylation sites (N-methyl/N-ethyl adjacent to an activating group) is 1. The number of fused-ring (bicyclic) bond motifs is 1. The number of carbonyl (C=O) groups excluding carboxylic acids is 1. The zero-order chi connectivity index (χ0) is 15.9. The molecular weight excluding hydrogens is 278 g/mol. The van der Waals surface area contributed by atoms with Gasteiger partial charge in [0.2, 0.25) is 5.91 Å². The van der Waals surface area contributed by atoms with Gasteiger partial charge in [-0.05, 0) is 44.3 Å². The highest BCUT2D eigenvalue weighted by Crippen LogP contribution is 2.29. The van der Waals surface area contributed by atoms with E-state index < -0.39 is 0 Å². The zero-order valence-electron chi connectivity index (χ0n) is 13.4. The van der Waals surface area contributed by atoms with Crippen LogP contribution in [0.2, 0.25) is 0 Å². The molecule has 1 heterocycles. The van der Waals surface area contributed by atoms with Crippen LogP contribution in [0, 0.1) is 0 Å². The number of carbonyl (C=O) groups is 1. The third-order valence-electron chi connectivity index (χ3n) is 3.57. The van der Waals surface area contributed by atoms with Gasteiger partial charge in [0.1, 0.15) is 11.3 Å². The van der Waals surface area contributed by atoms with E-state index in [-0.39, 0.29) is 5.91 Å². The normalized spacial score (nSPS) is 10.9. The minimum absolute atomic E-state index is 0.0157. The lowest BCUT2D eigenvalue weighted by Crippen LogP contribution is -2.32. The fraction of sp³-hybridized carbons (Fsp3) is 0.412. The van der Waals surface area contributed by atoms with Crippen LogP contribution >= 0.6 is 0 Å². The molecule has 0 bridgehead atoms. The summed E-state index contributed by atoms with van der Waals surface area (Å²) in [6, 6.07) is 7.52. The summed E-state index contributed by atoms with van der Waals surface area (Å²) in [4.78, 5) is 18.6. The van der Waals surface area contributed by atoms with Crippen LogP contribution in [0.4, 0.5) is 5.69 Å². The lowest BCUT2D eigenvalue weighted by atomic mass is 10.1. The summed E-state index contributed by atoms with van der Waals surface area (Å²) in [5.41, 5.74) is 1.54. The van der Waals surface area contributed by atoms with Crippen LogP contribution in [0.5, 0.6) is 5.75 Å². The molecule has 2 rings (SSSR count). The average molecular weight is 301 g/mol. The first-order valence-electron chi connectivity index (χ1n) is 7.72. The lowest BCUT2D eigenvalue weighted by Gasteiger charge is -2.18. The van der Waals surface area contributed by atoms with Gasteiger partial charge >= 0.3 is 0 Å². The number of rotatable bonds is 7. The standard InChI is InChI=1S/C17H23N3O2/c1-4-20(5-2)12-16(21)19-14-9-10-15(22-6-3)17-13(14)8-7-11-18-17/h7-11H,4-6,12H2,1-3H3,(H,19,21). The molecule has 1 aromatic carbocycles. The quantitative estimate of drug-likeness (QED) is 0.854. The summed E-state index contributed by atoms with van der Waals surface area (Å²) in [5, 5.41) is 3.87. The molecule has 0 aliphatic rings. The van der Waals surface area contributed by atoms with Crippen molar-refractivity contribution in [2.75, 3.05) is 31.6 Å². The van der Waals surface area contributed by atoms with E-state index >= 15 is 0 Å². The van der Waals surface area contributed by atoms with Gasteiger partial charge in [0.15, 0.2) is 0 Å². The van der Waals surface area contributed by atoms with Crippen molar-refractivity contribution in [1.82, 2.24) is 9.88 Å². The summed E-state index contributed by atoms with van der Waals surface area (Å²) in [6.45, 7) is 8.72. The van der Waals surface area contributed by atoms with Crippen molar-refractivity contribution in [1.29, 1.82) is 0 Å². The molecule has 0 spiro atoms. The van der Waals surface area contributed by atoms with Crippen molar-refractivity contribution in [2.24, 2.45) is 0 Å². The number of aromatic nitrogens is 1. The Balaban J connectivity index is 2.25. The number of nitrogens with zero attached hydrogens (tertiary/aromatic N) is 2. The minimum atomic E-state index is -0.0157.